The summed E-state index contributed by atoms with van der Waals surface area (Å²) in [6.07, 6.45) is 3.15. The van der Waals surface area contributed by atoms with Gasteiger partial charge in [0.05, 0.1) is 0 Å². The quantitative estimate of drug-likeness (QED) is 0.763. The van der Waals surface area contributed by atoms with Crippen LogP contribution in [0.2, 0.25) is 0 Å². The van der Waals surface area contributed by atoms with Gasteiger partial charge in [0.15, 0.2) is 5.16 Å². The van der Waals surface area contributed by atoms with Crippen LogP contribution in [0.25, 0.3) is 0 Å². The van der Waals surface area contributed by atoms with E-state index in [1.165, 1.54) is 24.0 Å². The summed E-state index contributed by atoms with van der Waals surface area (Å²) >= 11 is 1.27. The summed E-state index contributed by atoms with van der Waals surface area (Å²) in [4.78, 5) is 21.9. The maximum Gasteiger partial charge on any atom is 0.251 e. The molecule has 0 bridgehead atoms. The number of nitrogens with two attached hydrogens (primary N) is 1. The summed E-state index contributed by atoms with van der Waals surface area (Å²) in [7, 11) is 0. The third-order valence-electron chi connectivity index (χ3n) is 1.97. The molecule has 82 valence electrons. The van der Waals surface area contributed by atoms with Gasteiger partial charge in [0.1, 0.15) is 5.03 Å². The molecular weight excluding hydrogens is 224 g/mol. The maximum atomic E-state index is 11.0. The lowest BCUT2D eigenvalue weighted by Crippen LogP contribution is -2.05. The van der Waals surface area contributed by atoms with Gasteiger partial charge in [-0.2, -0.15) is 0 Å². The predicted octanol–water partition coefficient (Wildman–Crippen LogP) is 1.21. The predicted molar refractivity (Wildman–Crippen MR) is 62.4 cm³/mol. The summed E-state index contributed by atoms with van der Waals surface area (Å²) in [5.74, 6) is 0. The lowest BCUT2D eigenvalue weighted by Gasteiger charge is -2.02. The normalized spacial score (nSPS) is 10.3. The second-order valence-electron chi connectivity index (χ2n) is 3.22. The highest BCUT2D eigenvalue weighted by atomic mass is 32.2. The minimum Gasteiger partial charge on any atom is -0.398 e. The second-order valence-corrected chi connectivity index (χ2v) is 4.23. The molecule has 0 aliphatic carbocycles. The standard InChI is InChI=1S/C10H10N4OS/c1-6-5-13-9(4-7(6)11)16-10-12-3-2-8(15)14-10/h2-5H,1H3,(H2,11,13)(H,12,14,15). The molecule has 0 aromatic carbocycles. The van der Waals surface area contributed by atoms with Crippen molar-refractivity contribution in [2.45, 2.75) is 17.1 Å². The van der Waals surface area contributed by atoms with Crippen LogP contribution >= 0.6 is 11.8 Å². The average Bonchev–Trinajstić information content (AvgIpc) is 2.24. The van der Waals surface area contributed by atoms with Crippen LogP contribution in [0, 0.1) is 6.92 Å². The van der Waals surface area contributed by atoms with Crippen LogP contribution in [0.4, 0.5) is 5.69 Å². The molecule has 0 spiro atoms. The molecular formula is C10H10N4OS. The number of hydrogen-bond donors (Lipinski definition) is 2. The topological polar surface area (TPSA) is 84.7 Å². The Bertz CT molecular complexity index is 567. The number of aromatic amines is 1. The minimum absolute atomic E-state index is 0.183. The minimum atomic E-state index is -0.183. The van der Waals surface area contributed by atoms with E-state index < -0.39 is 0 Å². The van der Waals surface area contributed by atoms with Crippen molar-refractivity contribution in [3.05, 3.63) is 40.4 Å². The molecule has 0 aliphatic rings. The van der Waals surface area contributed by atoms with Gasteiger partial charge in [0.2, 0.25) is 0 Å². The van der Waals surface area contributed by atoms with Crippen molar-refractivity contribution >= 4 is 17.4 Å². The van der Waals surface area contributed by atoms with E-state index in [9.17, 15) is 4.79 Å². The Morgan fingerprint density at radius 2 is 2.25 bits per heavy atom. The molecule has 16 heavy (non-hydrogen) atoms. The molecule has 5 nitrogen and oxygen atoms in total. The molecule has 0 saturated carbocycles. The van der Waals surface area contributed by atoms with Gasteiger partial charge in [-0.25, -0.2) is 9.97 Å². The first kappa shape index (κ1) is 10.7. The molecule has 0 atom stereocenters. The zero-order valence-electron chi connectivity index (χ0n) is 8.60. The number of H-pyrrole nitrogens is 1. The number of aryl methyl sites for hydroxylation is 1. The molecule has 2 heterocycles. The maximum absolute atomic E-state index is 11.0. The van der Waals surface area contributed by atoms with E-state index in [4.69, 9.17) is 5.73 Å². The van der Waals surface area contributed by atoms with Crippen molar-refractivity contribution < 1.29 is 0 Å². The molecule has 0 fully saturated rings. The molecule has 2 rings (SSSR count). The Labute approximate surface area is 96.1 Å². The summed E-state index contributed by atoms with van der Waals surface area (Å²) < 4.78 is 0. The molecule has 0 radical (unpaired) electrons. The third-order valence-corrected chi connectivity index (χ3v) is 2.80. The first-order chi connectivity index (χ1) is 7.65. The van der Waals surface area contributed by atoms with Gasteiger partial charge in [-0.3, -0.25) is 4.79 Å². The summed E-state index contributed by atoms with van der Waals surface area (Å²) in [6.45, 7) is 1.89. The van der Waals surface area contributed by atoms with Crippen LogP contribution in [0.5, 0.6) is 0 Å². The van der Waals surface area contributed by atoms with Crippen LogP contribution in [0.3, 0.4) is 0 Å². The summed E-state index contributed by atoms with van der Waals surface area (Å²) in [5.41, 5.74) is 7.18. The molecule has 6 heteroatoms. The average molecular weight is 234 g/mol. The highest BCUT2D eigenvalue weighted by molar-refractivity contribution is 7.99. The summed E-state index contributed by atoms with van der Waals surface area (Å²) in [5, 5.41) is 1.21. The largest absolute Gasteiger partial charge is 0.398 e. The lowest BCUT2D eigenvalue weighted by molar-refractivity contribution is 0.931. The van der Waals surface area contributed by atoms with E-state index in [1.807, 2.05) is 6.92 Å². The van der Waals surface area contributed by atoms with Gasteiger partial charge in [0.25, 0.3) is 5.56 Å². The van der Waals surface area contributed by atoms with E-state index in [2.05, 4.69) is 15.0 Å². The Kier molecular flexibility index (Phi) is 2.91. The van der Waals surface area contributed by atoms with E-state index in [0.717, 1.165) is 5.56 Å². The van der Waals surface area contributed by atoms with E-state index >= 15 is 0 Å². The SMILES string of the molecule is Cc1cnc(Sc2nccc(=O)[nH]2)cc1N. The Balaban J connectivity index is 2.27. The van der Waals surface area contributed by atoms with E-state index in [-0.39, 0.29) is 5.56 Å². The number of nitrogens with zero attached hydrogens (tertiary/aromatic N) is 2. The molecule has 3 N–H and O–H groups in total. The van der Waals surface area contributed by atoms with Crippen molar-refractivity contribution in [2.75, 3.05) is 5.73 Å². The van der Waals surface area contributed by atoms with Gasteiger partial charge >= 0.3 is 0 Å². The van der Waals surface area contributed by atoms with Crippen molar-refractivity contribution in [3.63, 3.8) is 0 Å². The number of nitrogen functional groups attached to an aromatic ring is 1. The van der Waals surface area contributed by atoms with Gasteiger partial charge in [-0.1, -0.05) is 0 Å². The van der Waals surface area contributed by atoms with E-state index in [0.29, 0.717) is 15.9 Å². The van der Waals surface area contributed by atoms with Gasteiger partial charge in [0, 0.05) is 24.1 Å². The fourth-order valence-electron chi connectivity index (χ4n) is 1.08. The number of nitrogens with one attached hydrogen (secondary N) is 1. The molecule has 2 aromatic heterocycles. The molecule has 0 unspecified atom stereocenters. The zero-order chi connectivity index (χ0) is 11.5. The van der Waals surface area contributed by atoms with E-state index in [1.54, 1.807) is 12.3 Å². The number of aromatic nitrogens is 3. The van der Waals surface area contributed by atoms with Crippen LogP contribution in [-0.2, 0) is 0 Å². The van der Waals surface area contributed by atoms with Crippen molar-refractivity contribution in [1.29, 1.82) is 0 Å². The highest BCUT2D eigenvalue weighted by Gasteiger charge is 2.02. The van der Waals surface area contributed by atoms with Crippen molar-refractivity contribution in [2.24, 2.45) is 0 Å². The van der Waals surface area contributed by atoms with Gasteiger partial charge in [-0.05, 0) is 30.3 Å². The van der Waals surface area contributed by atoms with Crippen molar-refractivity contribution in [3.8, 4) is 0 Å². The van der Waals surface area contributed by atoms with Crippen molar-refractivity contribution in [1.82, 2.24) is 15.0 Å². The number of pyridine rings is 1. The second kappa shape index (κ2) is 4.36. The fourth-order valence-corrected chi connectivity index (χ4v) is 1.83. The fraction of sp³-hybridized carbons (Fsp3) is 0.100. The van der Waals surface area contributed by atoms with Crippen LogP contribution in [0.15, 0.2) is 39.5 Å². The first-order valence-electron chi connectivity index (χ1n) is 4.60. The Morgan fingerprint density at radius 3 is 2.94 bits per heavy atom. The first-order valence-corrected chi connectivity index (χ1v) is 5.42. The van der Waals surface area contributed by atoms with Gasteiger partial charge in [-0.15, -0.1) is 0 Å². The lowest BCUT2D eigenvalue weighted by atomic mass is 10.3. The Morgan fingerprint density at radius 1 is 1.44 bits per heavy atom. The molecule has 0 amide bonds. The molecule has 2 aromatic rings. The Hall–Kier alpha value is -1.82. The monoisotopic (exact) mass is 234 g/mol. The molecule has 0 aliphatic heterocycles. The number of hydrogen-bond acceptors (Lipinski definition) is 5. The third kappa shape index (κ3) is 2.40. The summed E-state index contributed by atoms with van der Waals surface area (Å²) in [6, 6.07) is 3.12. The van der Waals surface area contributed by atoms with Gasteiger partial charge < -0.3 is 10.7 Å². The molecule has 0 saturated heterocycles. The highest BCUT2D eigenvalue weighted by Crippen LogP contribution is 2.23. The zero-order valence-corrected chi connectivity index (χ0v) is 9.41. The van der Waals surface area contributed by atoms with Crippen LogP contribution < -0.4 is 11.3 Å². The van der Waals surface area contributed by atoms with Crippen LogP contribution in [-0.4, -0.2) is 15.0 Å². The number of rotatable bonds is 2. The van der Waals surface area contributed by atoms with Crippen LogP contribution in [0.1, 0.15) is 5.56 Å². The smallest absolute Gasteiger partial charge is 0.251 e. The number of anilines is 1.